The minimum absolute atomic E-state index is 0.0407. The number of ether oxygens (including phenoxy) is 1. The van der Waals surface area contributed by atoms with Crippen molar-refractivity contribution < 1.29 is 9.53 Å². The molecule has 3 N–H and O–H groups in total. The van der Waals surface area contributed by atoms with Gasteiger partial charge in [-0.25, -0.2) is 0 Å². The van der Waals surface area contributed by atoms with E-state index in [-0.39, 0.29) is 5.91 Å². The van der Waals surface area contributed by atoms with Crippen LogP contribution in [0.3, 0.4) is 0 Å². The summed E-state index contributed by atoms with van der Waals surface area (Å²) >= 11 is 0. The SMILES string of the molecule is CCCN1CCC(NC(=O)C(N)CCOC)CC1. The highest BCUT2D eigenvalue weighted by atomic mass is 16.5. The average Bonchev–Trinajstić information content (AvgIpc) is 2.38. The summed E-state index contributed by atoms with van der Waals surface area (Å²) < 4.78 is 4.93. The molecular weight excluding hydrogens is 230 g/mol. The number of nitrogens with zero attached hydrogens (tertiary/aromatic N) is 1. The highest BCUT2D eigenvalue weighted by molar-refractivity contribution is 5.81. The normalized spacial score (nSPS) is 19.7. The molecule has 18 heavy (non-hydrogen) atoms. The zero-order valence-electron chi connectivity index (χ0n) is 11.7. The number of carbonyl (C=O) groups is 1. The van der Waals surface area contributed by atoms with Crippen molar-refractivity contribution in [2.24, 2.45) is 5.73 Å². The molecule has 0 aromatic heterocycles. The van der Waals surface area contributed by atoms with Crippen LogP contribution in [0.25, 0.3) is 0 Å². The molecule has 1 amide bonds. The minimum atomic E-state index is -0.446. The molecule has 0 saturated carbocycles. The fourth-order valence-electron chi connectivity index (χ4n) is 2.30. The van der Waals surface area contributed by atoms with Crippen LogP contribution in [0.15, 0.2) is 0 Å². The van der Waals surface area contributed by atoms with Gasteiger partial charge in [0, 0.05) is 32.8 Å². The molecule has 0 bridgehead atoms. The Labute approximate surface area is 110 Å². The van der Waals surface area contributed by atoms with Gasteiger partial charge in [0.05, 0.1) is 6.04 Å². The summed E-state index contributed by atoms with van der Waals surface area (Å²) in [6.45, 7) is 6.04. The van der Waals surface area contributed by atoms with Gasteiger partial charge in [-0.2, -0.15) is 0 Å². The quantitative estimate of drug-likeness (QED) is 0.690. The van der Waals surface area contributed by atoms with Crippen molar-refractivity contribution in [3.63, 3.8) is 0 Å². The highest BCUT2D eigenvalue weighted by Crippen LogP contribution is 2.10. The Hall–Kier alpha value is -0.650. The van der Waals surface area contributed by atoms with Gasteiger partial charge < -0.3 is 20.7 Å². The van der Waals surface area contributed by atoms with Crippen molar-refractivity contribution in [2.75, 3.05) is 33.4 Å². The summed E-state index contributed by atoms with van der Waals surface area (Å²) in [6, 6.07) is -0.155. The van der Waals surface area contributed by atoms with Gasteiger partial charge in [0.15, 0.2) is 0 Å². The second-order valence-corrected chi connectivity index (χ2v) is 5.01. The predicted molar refractivity (Wildman–Crippen MR) is 72.4 cm³/mol. The smallest absolute Gasteiger partial charge is 0.237 e. The first-order valence-corrected chi connectivity index (χ1v) is 6.94. The first-order valence-electron chi connectivity index (χ1n) is 6.94. The Morgan fingerprint density at radius 2 is 2.17 bits per heavy atom. The lowest BCUT2D eigenvalue weighted by molar-refractivity contribution is -0.123. The zero-order valence-corrected chi connectivity index (χ0v) is 11.7. The fourth-order valence-corrected chi connectivity index (χ4v) is 2.30. The van der Waals surface area contributed by atoms with E-state index in [2.05, 4.69) is 17.1 Å². The van der Waals surface area contributed by atoms with Gasteiger partial charge in [0.2, 0.25) is 5.91 Å². The molecule has 1 unspecified atom stereocenters. The van der Waals surface area contributed by atoms with Gasteiger partial charge in [-0.1, -0.05) is 6.92 Å². The van der Waals surface area contributed by atoms with Crippen molar-refractivity contribution in [1.29, 1.82) is 0 Å². The zero-order chi connectivity index (χ0) is 13.4. The maximum atomic E-state index is 11.8. The van der Waals surface area contributed by atoms with Gasteiger partial charge in [0.1, 0.15) is 0 Å². The van der Waals surface area contributed by atoms with Gasteiger partial charge in [0.25, 0.3) is 0 Å². The van der Waals surface area contributed by atoms with Crippen LogP contribution in [-0.4, -0.2) is 56.2 Å². The van der Waals surface area contributed by atoms with E-state index in [4.69, 9.17) is 10.5 Å². The summed E-state index contributed by atoms with van der Waals surface area (Å²) in [5.74, 6) is -0.0407. The van der Waals surface area contributed by atoms with E-state index in [0.29, 0.717) is 19.1 Å². The summed E-state index contributed by atoms with van der Waals surface area (Å²) in [4.78, 5) is 14.3. The number of methoxy groups -OCH3 is 1. The maximum Gasteiger partial charge on any atom is 0.237 e. The first kappa shape index (κ1) is 15.4. The molecule has 0 spiro atoms. The minimum Gasteiger partial charge on any atom is -0.385 e. The molecule has 5 nitrogen and oxygen atoms in total. The lowest BCUT2D eigenvalue weighted by Crippen LogP contribution is -2.49. The number of amides is 1. The Morgan fingerprint density at radius 1 is 1.50 bits per heavy atom. The van der Waals surface area contributed by atoms with Crippen molar-refractivity contribution in [3.8, 4) is 0 Å². The molecule has 1 aliphatic heterocycles. The van der Waals surface area contributed by atoms with Crippen LogP contribution in [0.1, 0.15) is 32.6 Å². The molecular formula is C13H27N3O2. The van der Waals surface area contributed by atoms with Crippen LogP contribution in [0.2, 0.25) is 0 Å². The Bertz CT molecular complexity index is 240. The van der Waals surface area contributed by atoms with E-state index >= 15 is 0 Å². The molecule has 106 valence electrons. The van der Waals surface area contributed by atoms with Crippen LogP contribution in [-0.2, 0) is 9.53 Å². The third-order valence-corrected chi connectivity index (χ3v) is 3.44. The van der Waals surface area contributed by atoms with E-state index in [1.54, 1.807) is 7.11 Å². The van der Waals surface area contributed by atoms with E-state index in [1.165, 1.54) is 6.42 Å². The number of piperidine rings is 1. The van der Waals surface area contributed by atoms with Crippen LogP contribution in [0.5, 0.6) is 0 Å². The van der Waals surface area contributed by atoms with Gasteiger partial charge >= 0.3 is 0 Å². The first-order chi connectivity index (χ1) is 8.67. The monoisotopic (exact) mass is 257 g/mol. The van der Waals surface area contributed by atoms with Crippen molar-refractivity contribution in [2.45, 2.75) is 44.7 Å². The molecule has 1 fully saturated rings. The van der Waals surface area contributed by atoms with Crippen LogP contribution >= 0.6 is 0 Å². The largest absolute Gasteiger partial charge is 0.385 e. The summed E-state index contributed by atoms with van der Waals surface area (Å²) in [5, 5.41) is 3.04. The summed E-state index contributed by atoms with van der Waals surface area (Å²) in [7, 11) is 1.62. The van der Waals surface area contributed by atoms with E-state index in [1.807, 2.05) is 0 Å². The molecule has 1 aliphatic rings. The number of hydrogen-bond acceptors (Lipinski definition) is 4. The van der Waals surface area contributed by atoms with Crippen molar-refractivity contribution >= 4 is 5.91 Å². The molecule has 1 rings (SSSR count). The molecule has 1 heterocycles. The fraction of sp³-hybridized carbons (Fsp3) is 0.923. The summed E-state index contributed by atoms with van der Waals surface area (Å²) in [5.41, 5.74) is 5.79. The van der Waals surface area contributed by atoms with Gasteiger partial charge in [-0.15, -0.1) is 0 Å². The van der Waals surface area contributed by atoms with E-state index in [0.717, 1.165) is 32.5 Å². The molecule has 1 atom stereocenters. The second-order valence-electron chi connectivity index (χ2n) is 5.01. The standard InChI is InChI=1S/C13H27N3O2/c1-3-7-16-8-4-11(5-9-16)15-13(17)12(14)6-10-18-2/h11-12H,3-10,14H2,1-2H3,(H,15,17). The molecule has 5 heteroatoms. The number of hydrogen-bond donors (Lipinski definition) is 2. The maximum absolute atomic E-state index is 11.8. The lowest BCUT2D eigenvalue weighted by Gasteiger charge is -2.32. The van der Waals surface area contributed by atoms with Crippen LogP contribution in [0.4, 0.5) is 0 Å². The number of likely N-dealkylation sites (tertiary alicyclic amines) is 1. The molecule has 1 saturated heterocycles. The van der Waals surface area contributed by atoms with E-state index < -0.39 is 6.04 Å². The Kier molecular flexibility index (Phi) is 7.23. The number of nitrogens with one attached hydrogen (secondary N) is 1. The van der Waals surface area contributed by atoms with Gasteiger partial charge in [-0.05, 0) is 32.2 Å². The number of carbonyl (C=O) groups excluding carboxylic acids is 1. The van der Waals surface area contributed by atoms with E-state index in [9.17, 15) is 4.79 Å². The van der Waals surface area contributed by atoms with Crippen molar-refractivity contribution in [3.05, 3.63) is 0 Å². The van der Waals surface area contributed by atoms with Gasteiger partial charge in [-0.3, -0.25) is 4.79 Å². The van der Waals surface area contributed by atoms with Crippen LogP contribution < -0.4 is 11.1 Å². The molecule has 0 radical (unpaired) electrons. The third kappa shape index (κ3) is 5.33. The topological polar surface area (TPSA) is 67.6 Å². The average molecular weight is 257 g/mol. The second kappa shape index (κ2) is 8.45. The lowest BCUT2D eigenvalue weighted by atomic mass is 10.0. The predicted octanol–water partition coefficient (Wildman–Crippen LogP) is 0.341. The Morgan fingerprint density at radius 3 is 2.72 bits per heavy atom. The number of nitrogens with two attached hydrogens (primary N) is 1. The van der Waals surface area contributed by atoms with Crippen molar-refractivity contribution in [1.82, 2.24) is 10.2 Å². The molecule has 0 aromatic carbocycles. The third-order valence-electron chi connectivity index (χ3n) is 3.44. The highest BCUT2D eigenvalue weighted by Gasteiger charge is 2.22. The molecule has 0 aromatic rings. The summed E-state index contributed by atoms with van der Waals surface area (Å²) in [6.07, 6.45) is 3.83. The Balaban J connectivity index is 2.21. The molecule has 0 aliphatic carbocycles. The number of rotatable bonds is 7. The van der Waals surface area contributed by atoms with Crippen LogP contribution in [0, 0.1) is 0 Å².